The number of carbonyl (C=O) groups excluding carboxylic acids is 1. The maximum absolute atomic E-state index is 13.0. The van der Waals surface area contributed by atoms with Gasteiger partial charge in [-0.1, -0.05) is 23.8 Å². The van der Waals surface area contributed by atoms with Crippen LogP contribution >= 0.6 is 0 Å². The molecule has 4 aromatic rings. The first-order valence-corrected chi connectivity index (χ1v) is 9.09. The molecule has 30 heavy (non-hydrogen) atoms. The molecule has 9 nitrogen and oxygen atoms in total. The summed E-state index contributed by atoms with van der Waals surface area (Å²) in [6.45, 7) is 3.68. The van der Waals surface area contributed by atoms with E-state index in [9.17, 15) is 19.7 Å². The normalized spacial score (nSPS) is 10.9. The third kappa shape index (κ3) is 3.32. The first-order chi connectivity index (χ1) is 14.3. The van der Waals surface area contributed by atoms with E-state index in [4.69, 9.17) is 0 Å². The predicted molar refractivity (Wildman–Crippen MR) is 112 cm³/mol. The zero-order valence-corrected chi connectivity index (χ0v) is 16.2. The number of fused-ring (bicyclic) bond motifs is 1. The number of carbonyl (C=O) groups is 1. The number of aryl methyl sites for hydroxylation is 2. The first kappa shape index (κ1) is 19.1. The molecule has 2 aromatic carbocycles. The summed E-state index contributed by atoms with van der Waals surface area (Å²) in [5.41, 5.74) is 2.32. The Morgan fingerprint density at radius 2 is 1.90 bits per heavy atom. The molecule has 2 heterocycles. The van der Waals surface area contributed by atoms with Gasteiger partial charge in [0.1, 0.15) is 11.2 Å². The van der Waals surface area contributed by atoms with Gasteiger partial charge in [0.2, 0.25) is 5.43 Å². The molecule has 0 bridgehead atoms. The van der Waals surface area contributed by atoms with Gasteiger partial charge in [-0.3, -0.25) is 19.7 Å². The molecule has 0 saturated heterocycles. The van der Waals surface area contributed by atoms with Crippen molar-refractivity contribution in [2.75, 3.05) is 5.32 Å². The quantitative estimate of drug-likeness (QED) is 0.399. The van der Waals surface area contributed by atoms with Crippen LogP contribution in [0, 0.1) is 24.0 Å². The molecule has 0 atom stereocenters. The van der Waals surface area contributed by atoms with Crippen molar-refractivity contribution in [1.82, 2.24) is 14.8 Å². The number of benzene rings is 2. The highest BCUT2D eigenvalue weighted by molar-refractivity contribution is 6.05. The van der Waals surface area contributed by atoms with Crippen molar-refractivity contribution in [3.05, 3.63) is 91.9 Å². The first-order valence-electron chi connectivity index (χ1n) is 9.09. The number of nitrogens with one attached hydrogen (secondary N) is 2. The molecule has 4 rings (SSSR count). The maximum Gasteiger partial charge on any atom is 0.271 e. The van der Waals surface area contributed by atoms with E-state index < -0.39 is 16.3 Å². The van der Waals surface area contributed by atoms with Crippen molar-refractivity contribution in [2.24, 2.45) is 0 Å². The van der Waals surface area contributed by atoms with E-state index in [1.54, 1.807) is 11.6 Å². The van der Waals surface area contributed by atoms with E-state index in [2.05, 4.69) is 15.4 Å². The van der Waals surface area contributed by atoms with Crippen molar-refractivity contribution in [1.29, 1.82) is 0 Å². The minimum absolute atomic E-state index is 0.111. The molecule has 2 aromatic heterocycles. The van der Waals surface area contributed by atoms with Crippen LogP contribution in [0.1, 0.15) is 21.6 Å². The Labute approximate surface area is 170 Å². The second-order valence-electron chi connectivity index (χ2n) is 6.85. The van der Waals surface area contributed by atoms with E-state index in [0.717, 1.165) is 11.3 Å². The van der Waals surface area contributed by atoms with Gasteiger partial charge < -0.3 is 10.3 Å². The van der Waals surface area contributed by atoms with Gasteiger partial charge in [0.25, 0.3) is 11.6 Å². The van der Waals surface area contributed by atoms with Gasteiger partial charge >= 0.3 is 0 Å². The van der Waals surface area contributed by atoms with E-state index in [-0.39, 0.29) is 16.9 Å². The minimum atomic E-state index is -0.666. The highest BCUT2D eigenvalue weighted by atomic mass is 16.6. The standard InChI is InChI=1S/C21H17N5O4/c1-12-6-8-15(9-7-12)25-20-18(13(2)24-25)19(27)17(11-22-20)21(28)23-14-4-3-5-16(10-14)26(29)30/h3-11H,1-2H3,(H,22,27)(H,23,28). The molecule has 0 aliphatic heterocycles. The number of aromatic nitrogens is 3. The third-order valence-corrected chi connectivity index (χ3v) is 4.72. The van der Waals surface area contributed by atoms with E-state index in [1.165, 1.54) is 30.5 Å². The summed E-state index contributed by atoms with van der Waals surface area (Å²) < 4.78 is 1.62. The van der Waals surface area contributed by atoms with Crippen molar-refractivity contribution in [3.8, 4) is 5.69 Å². The molecule has 0 spiro atoms. The van der Waals surface area contributed by atoms with Gasteiger partial charge in [-0.2, -0.15) is 5.10 Å². The number of amides is 1. The fourth-order valence-electron chi connectivity index (χ4n) is 3.21. The van der Waals surface area contributed by atoms with Gasteiger partial charge in [-0.25, -0.2) is 4.68 Å². The molecule has 0 radical (unpaired) electrons. The Balaban J connectivity index is 1.73. The number of H-pyrrole nitrogens is 1. The average Bonchev–Trinajstić information content (AvgIpc) is 3.06. The van der Waals surface area contributed by atoms with E-state index >= 15 is 0 Å². The lowest BCUT2D eigenvalue weighted by Crippen LogP contribution is -2.22. The van der Waals surface area contributed by atoms with E-state index in [1.807, 2.05) is 31.2 Å². The molecule has 150 valence electrons. The van der Waals surface area contributed by atoms with Crippen LogP contribution in [0.3, 0.4) is 0 Å². The molecule has 0 aliphatic carbocycles. The lowest BCUT2D eigenvalue weighted by Gasteiger charge is -2.06. The highest BCUT2D eigenvalue weighted by Gasteiger charge is 2.19. The minimum Gasteiger partial charge on any atom is -0.345 e. The zero-order valence-electron chi connectivity index (χ0n) is 16.2. The number of hydrogen-bond acceptors (Lipinski definition) is 5. The van der Waals surface area contributed by atoms with Crippen molar-refractivity contribution < 1.29 is 9.72 Å². The van der Waals surface area contributed by atoms with E-state index in [0.29, 0.717) is 16.7 Å². The largest absolute Gasteiger partial charge is 0.345 e. The van der Waals surface area contributed by atoms with Gasteiger partial charge in [0, 0.05) is 24.0 Å². The Kier molecular flexibility index (Phi) is 4.63. The number of anilines is 1. The number of nitrogens with zero attached hydrogens (tertiary/aromatic N) is 3. The molecule has 0 unspecified atom stereocenters. The summed E-state index contributed by atoms with van der Waals surface area (Å²) >= 11 is 0. The monoisotopic (exact) mass is 403 g/mol. The van der Waals surface area contributed by atoms with Crippen LogP contribution in [0.4, 0.5) is 11.4 Å². The summed E-state index contributed by atoms with van der Waals surface area (Å²) in [5, 5.41) is 18.2. The lowest BCUT2D eigenvalue weighted by molar-refractivity contribution is -0.384. The number of non-ortho nitro benzene ring substituents is 1. The highest BCUT2D eigenvalue weighted by Crippen LogP contribution is 2.20. The Bertz CT molecular complexity index is 1350. The summed E-state index contributed by atoms with van der Waals surface area (Å²) in [4.78, 5) is 39.0. The molecular weight excluding hydrogens is 386 g/mol. The van der Waals surface area contributed by atoms with Crippen LogP contribution < -0.4 is 10.7 Å². The Morgan fingerprint density at radius 3 is 2.60 bits per heavy atom. The average molecular weight is 403 g/mol. The summed E-state index contributed by atoms with van der Waals surface area (Å²) in [6.07, 6.45) is 1.32. The molecule has 2 N–H and O–H groups in total. The van der Waals surface area contributed by atoms with Gasteiger partial charge in [-0.15, -0.1) is 0 Å². The topological polar surface area (TPSA) is 123 Å². The molecule has 0 aliphatic rings. The van der Waals surface area contributed by atoms with Crippen LogP contribution in [-0.2, 0) is 0 Å². The third-order valence-electron chi connectivity index (χ3n) is 4.72. The summed E-state index contributed by atoms with van der Waals surface area (Å²) in [5.74, 6) is -0.666. The summed E-state index contributed by atoms with van der Waals surface area (Å²) in [6, 6.07) is 13.2. The number of nitro groups is 1. The van der Waals surface area contributed by atoms with Crippen LogP contribution in [0.5, 0.6) is 0 Å². The zero-order chi connectivity index (χ0) is 21.4. The van der Waals surface area contributed by atoms with Crippen molar-refractivity contribution in [2.45, 2.75) is 13.8 Å². The molecule has 9 heteroatoms. The lowest BCUT2D eigenvalue weighted by atomic mass is 10.1. The van der Waals surface area contributed by atoms with Gasteiger partial charge in [0.15, 0.2) is 0 Å². The smallest absolute Gasteiger partial charge is 0.271 e. The second kappa shape index (κ2) is 7.28. The molecular formula is C21H17N5O4. The fraction of sp³-hybridized carbons (Fsp3) is 0.0952. The van der Waals surface area contributed by atoms with Crippen LogP contribution in [0.25, 0.3) is 16.7 Å². The van der Waals surface area contributed by atoms with Crippen molar-refractivity contribution >= 4 is 28.3 Å². The van der Waals surface area contributed by atoms with Crippen LogP contribution in [-0.4, -0.2) is 25.6 Å². The SMILES string of the molecule is Cc1ccc(-n2nc(C)c3c(=O)c(C(=O)Nc4cccc([N+](=O)[O-])c4)c[nH]c32)cc1. The van der Waals surface area contributed by atoms with Crippen LogP contribution in [0.2, 0.25) is 0 Å². The maximum atomic E-state index is 13.0. The number of aromatic amines is 1. The predicted octanol–water partition coefficient (Wildman–Crippen LogP) is 3.49. The fourth-order valence-corrected chi connectivity index (χ4v) is 3.21. The number of hydrogen-bond donors (Lipinski definition) is 2. The van der Waals surface area contributed by atoms with Gasteiger partial charge in [0.05, 0.1) is 21.7 Å². The number of pyridine rings is 1. The number of nitro benzene ring substituents is 1. The molecule has 1 amide bonds. The van der Waals surface area contributed by atoms with Crippen molar-refractivity contribution in [3.63, 3.8) is 0 Å². The Morgan fingerprint density at radius 1 is 1.17 bits per heavy atom. The molecule has 0 fully saturated rings. The second-order valence-corrected chi connectivity index (χ2v) is 6.85. The Hall–Kier alpha value is -4.27. The van der Waals surface area contributed by atoms with Gasteiger partial charge in [-0.05, 0) is 32.0 Å². The van der Waals surface area contributed by atoms with Crippen LogP contribution in [0.15, 0.2) is 59.5 Å². The molecule has 0 saturated carbocycles. The summed E-state index contributed by atoms with van der Waals surface area (Å²) in [7, 11) is 0. The number of rotatable bonds is 4.